The van der Waals surface area contributed by atoms with Gasteiger partial charge in [0.1, 0.15) is 23.0 Å². The van der Waals surface area contributed by atoms with E-state index >= 15 is 0 Å². The number of carbonyl (C=O) groups is 2. The van der Waals surface area contributed by atoms with Crippen molar-refractivity contribution < 1.29 is 28.9 Å². The summed E-state index contributed by atoms with van der Waals surface area (Å²) in [5.41, 5.74) is 1.95. The number of Topliss-reactive ketones (excluding diaryl/α,β-unsaturated/α-hetero) is 1. The van der Waals surface area contributed by atoms with Gasteiger partial charge in [-0.05, 0) is 66.9 Å². The highest BCUT2D eigenvalue weighted by Gasteiger charge is 2.46. The van der Waals surface area contributed by atoms with Gasteiger partial charge in [0.15, 0.2) is 0 Å². The molecule has 0 saturated carbocycles. The Morgan fingerprint density at radius 2 is 1.70 bits per heavy atom. The third-order valence-electron chi connectivity index (χ3n) is 6.25. The first-order valence-corrected chi connectivity index (χ1v) is 12.2. The molecule has 3 aromatic carbocycles. The van der Waals surface area contributed by atoms with Gasteiger partial charge >= 0.3 is 0 Å². The quantitative estimate of drug-likeness (QED) is 0.230. The molecular formula is C29H28ClNO6. The first-order valence-electron chi connectivity index (χ1n) is 11.9. The number of carbonyl (C=O) groups excluding carboxylic acids is 2. The predicted molar refractivity (Wildman–Crippen MR) is 141 cm³/mol. The van der Waals surface area contributed by atoms with Gasteiger partial charge in [0, 0.05) is 12.1 Å². The van der Waals surface area contributed by atoms with Gasteiger partial charge in [0.2, 0.25) is 0 Å². The van der Waals surface area contributed by atoms with E-state index in [0.29, 0.717) is 40.7 Å². The standard InChI is InChI=1S/C29H28ClNO6/c1-4-37-24-17-20(10-13-23(24)30)27(32)25-26(19-6-5-7-22(16-19)36-3)31(29(34)28(25)33)15-14-18-8-11-21(35-2)12-9-18/h5-13,16-17,26,32H,4,14-15H2,1-3H3/b27-25-. The molecular weight excluding hydrogens is 494 g/mol. The molecule has 1 aliphatic heterocycles. The summed E-state index contributed by atoms with van der Waals surface area (Å²) in [5, 5.41) is 11.7. The van der Waals surface area contributed by atoms with E-state index in [-0.39, 0.29) is 17.9 Å². The average molecular weight is 522 g/mol. The van der Waals surface area contributed by atoms with E-state index in [2.05, 4.69) is 0 Å². The SMILES string of the molecule is CCOc1cc(/C(O)=C2/C(=O)C(=O)N(CCc3ccc(OC)cc3)C2c2cccc(OC)c2)ccc1Cl. The van der Waals surface area contributed by atoms with Crippen molar-refractivity contribution in [3.63, 3.8) is 0 Å². The summed E-state index contributed by atoms with van der Waals surface area (Å²) in [6.07, 6.45) is 0.507. The Hall–Kier alpha value is -3.97. The number of aliphatic hydroxyl groups is 1. The molecule has 1 fully saturated rings. The van der Waals surface area contributed by atoms with E-state index in [4.69, 9.17) is 25.8 Å². The highest BCUT2D eigenvalue weighted by atomic mass is 35.5. The number of amides is 1. The Morgan fingerprint density at radius 1 is 0.973 bits per heavy atom. The number of aliphatic hydroxyl groups excluding tert-OH is 1. The van der Waals surface area contributed by atoms with Crippen molar-refractivity contribution in [2.75, 3.05) is 27.4 Å². The molecule has 1 unspecified atom stereocenters. The Balaban J connectivity index is 1.78. The minimum atomic E-state index is -0.806. The molecule has 0 spiro atoms. The molecule has 1 aliphatic rings. The normalized spacial score (nSPS) is 16.6. The minimum absolute atomic E-state index is 0.00208. The molecule has 7 nitrogen and oxygen atoms in total. The lowest BCUT2D eigenvalue weighted by molar-refractivity contribution is -0.139. The monoisotopic (exact) mass is 521 g/mol. The van der Waals surface area contributed by atoms with Crippen LogP contribution >= 0.6 is 11.6 Å². The lowest BCUT2D eigenvalue weighted by Crippen LogP contribution is -2.31. The zero-order chi connectivity index (χ0) is 26.5. The Morgan fingerprint density at radius 3 is 2.38 bits per heavy atom. The number of methoxy groups -OCH3 is 2. The van der Waals surface area contributed by atoms with Crippen molar-refractivity contribution in [3.8, 4) is 17.2 Å². The molecule has 1 N–H and O–H groups in total. The number of hydrogen-bond acceptors (Lipinski definition) is 6. The number of halogens is 1. The number of rotatable bonds is 9. The van der Waals surface area contributed by atoms with Crippen molar-refractivity contribution in [1.29, 1.82) is 0 Å². The molecule has 3 aromatic rings. The molecule has 1 heterocycles. The highest BCUT2D eigenvalue weighted by Crippen LogP contribution is 2.41. The summed E-state index contributed by atoms with van der Waals surface area (Å²) in [6.45, 7) is 2.46. The van der Waals surface area contributed by atoms with Crippen LogP contribution < -0.4 is 14.2 Å². The van der Waals surface area contributed by atoms with Crippen molar-refractivity contribution in [2.45, 2.75) is 19.4 Å². The first kappa shape index (κ1) is 26.1. The van der Waals surface area contributed by atoms with Crippen LogP contribution in [0.1, 0.15) is 29.7 Å². The van der Waals surface area contributed by atoms with Crippen molar-refractivity contribution in [1.82, 2.24) is 4.90 Å². The molecule has 0 bridgehead atoms. The summed E-state index contributed by atoms with van der Waals surface area (Å²) in [7, 11) is 3.14. The third-order valence-corrected chi connectivity index (χ3v) is 6.57. The smallest absolute Gasteiger partial charge is 0.295 e. The summed E-state index contributed by atoms with van der Waals surface area (Å²) in [4.78, 5) is 28.1. The zero-order valence-corrected chi connectivity index (χ0v) is 21.6. The maximum absolute atomic E-state index is 13.3. The van der Waals surface area contributed by atoms with Gasteiger partial charge < -0.3 is 24.2 Å². The van der Waals surface area contributed by atoms with Crippen molar-refractivity contribution >= 4 is 29.1 Å². The van der Waals surface area contributed by atoms with Gasteiger partial charge in [-0.1, -0.05) is 35.9 Å². The molecule has 1 atom stereocenters. The number of benzene rings is 3. The fourth-order valence-corrected chi connectivity index (χ4v) is 4.55. The topological polar surface area (TPSA) is 85.3 Å². The van der Waals surface area contributed by atoms with Gasteiger partial charge in [-0.2, -0.15) is 0 Å². The van der Waals surface area contributed by atoms with Gasteiger partial charge in [0.05, 0.1) is 37.5 Å². The molecule has 4 rings (SSSR count). The lowest BCUT2D eigenvalue weighted by Gasteiger charge is -2.25. The van der Waals surface area contributed by atoms with Gasteiger partial charge in [-0.15, -0.1) is 0 Å². The molecule has 0 aromatic heterocycles. The van der Waals surface area contributed by atoms with Crippen LogP contribution in [0.3, 0.4) is 0 Å². The van der Waals surface area contributed by atoms with Crippen LogP contribution in [-0.4, -0.2) is 49.1 Å². The predicted octanol–water partition coefficient (Wildman–Crippen LogP) is 5.42. The van der Waals surface area contributed by atoms with E-state index in [9.17, 15) is 14.7 Å². The second-order valence-electron chi connectivity index (χ2n) is 8.45. The van der Waals surface area contributed by atoms with Crippen LogP contribution in [0.4, 0.5) is 0 Å². The van der Waals surface area contributed by atoms with Crippen molar-refractivity contribution in [3.05, 3.63) is 94.0 Å². The van der Waals surface area contributed by atoms with Crippen LogP contribution in [0.2, 0.25) is 5.02 Å². The molecule has 0 aliphatic carbocycles. The van der Waals surface area contributed by atoms with Crippen LogP contribution in [0.5, 0.6) is 17.2 Å². The maximum Gasteiger partial charge on any atom is 0.295 e. The summed E-state index contributed by atoms with van der Waals surface area (Å²) in [6, 6.07) is 18.6. The number of nitrogens with zero attached hydrogens (tertiary/aromatic N) is 1. The summed E-state index contributed by atoms with van der Waals surface area (Å²) in [5.74, 6) is -0.0521. The van der Waals surface area contributed by atoms with E-state index < -0.39 is 17.7 Å². The number of ketones is 1. The van der Waals surface area contributed by atoms with Gasteiger partial charge in [-0.25, -0.2) is 0 Å². The number of ether oxygens (including phenoxy) is 3. The van der Waals surface area contributed by atoms with Gasteiger partial charge in [-0.3, -0.25) is 9.59 Å². The Bertz CT molecular complexity index is 1330. The fourth-order valence-electron chi connectivity index (χ4n) is 4.38. The second kappa shape index (κ2) is 11.4. The lowest BCUT2D eigenvalue weighted by atomic mass is 9.95. The molecule has 192 valence electrons. The largest absolute Gasteiger partial charge is 0.507 e. The van der Waals surface area contributed by atoms with E-state index in [0.717, 1.165) is 11.3 Å². The van der Waals surface area contributed by atoms with E-state index in [1.54, 1.807) is 56.7 Å². The van der Waals surface area contributed by atoms with Crippen LogP contribution in [0.25, 0.3) is 5.76 Å². The number of hydrogen-bond donors (Lipinski definition) is 1. The summed E-state index contributed by atoms with van der Waals surface area (Å²) >= 11 is 6.22. The molecule has 1 amide bonds. The van der Waals surface area contributed by atoms with Crippen molar-refractivity contribution in [2.24, 2.45) is 0 Å². The third kappa shape index (κ3) is 5.42. The summed E-state index contributed by atoms with van der Waals surface area (Å²) < 4.78 is 16.1. The molecule has 0 radical (unpaired) electrons. The highest BCUT2D eigenvalue weighted by molar-refractivity contribution is 6.46. The number of likely N-dealkylation sites (tertiary alicyclic amines) is 1. The average Bonchev–Trinajstić information content (AvgIpc) is 3.18. The maximum atomic E-state index is 13.3. The van der Waals surface area contributed by atoms with E-state index in [1.165, 1.54) is 4.90 Å². The fraction of sp³-hybridized carbons (Fsp3) is 0.241. The molecule has 1 saturated heterocycles. The Labute approximate surface area is 220 Å². The molecule has 37 heavy (non-hydrogen) atoms. The second-order valence-corrected chi connectivity index (χ2v) is 8.85. The zero-order valence-electron chi connectivity index (χ0n) is 20.9. The van der Waals surface area contributed by atoms with Crippen LogP contribution in [0.15, 0.2) is 72.3 Å². The van der Waals surface area contributed by atoms with Crippen LogP contribution in [0, 0.1) is 0 Å². The first-order chi connectivity index (χ1) is 17.9. The Kier molecular flexibility index (Phi) is 8.04. The molecule has 8 heteroatoms. The van der Waals surface area contributed by atoms with Gasteiger partial charge in [0.25, 0.3) is 11.7 Å². The minimum Gasteiger partial charge on any atom is -0.507 e. The van der Waals surface area contributed by atoms with Crippen LogP contribution in [-0.2, 0) is 16.0 Å². The van der Waals surface area contributed by atoms with E-state index in [1.807, 2.05) is 31.2 Å².